The van der Waals surface area contributed by atoms with E-state index in [4.69, 9.17) is 9.47 Å². The van der Waals surface area contributed by atoms with Crippen LogP contribution in [0.25, 0.3) is 0 Å². The van der Waals surface area contributed by atoms with Gasteiger partial charge in [0, 0.05) is 7.05 Å². The summed E-state index contributed by atoms with van der Waals surface area (Å²) in [5.74, 6) is -1.09. The molecular weight excluding hydrogens is 384 g/mol. The average molecular weight is 412 g/mol. The highest BCUT2D eigenvalue weighted by Gasteiger charge is 2.26. The minimum absolute atomic E-state index is 0.0939. The lowest BCUT2D eigenvalue weighted by Gasteiger charge is -2.25. The van der Waals surface area contributed by atoms with Crippen LogP contribution < -0.4 is 5.32 Å². The van der Waals surface area contributed by atoms with Crippen molar-refractivity contribution in [1.82, 2.24) is 10.2 Å². The van der Waals surface area contributed by atoms with Gasteiger partial charge >= 0.3 is 12.1 Å². The predicted molar refractivity (Wildman–Crippen MR) is 112 cm³/mol. The van der Waals surface area contributed by atoms with E-state index >= 15 is 0 Å². The van der Waals surface area contributed by atoms with Crippen molar-refractivity contribution in [3.8, 4) is 0 Å². The Kier molecular flexibility index (Phi) is 7.98. The zero-order valence-corrected chi connectivity index (χ0v) is 17.8. The third-order valence-corrected chi connectivity index (χ3v) is 3.98. The molecule has 1 N–H and O–H groups in total. The molecule has 7 heteroatoms. The van der Waals surface area contributed by atoms with Crippen LogP contribution in [0.15, 0.2) is 60.7 Å². The van der Waals surface area contributed by atoms with E-state index in [1.165, 1.54) is 7.05 Å². The van der Waals surface area contributed by atoms with Gasteiger partial charge in [0.2, 0.25) is 5.91 Å². The molecule has 2 rings (SSSR count). The first-order valence-electron chi connectivity index (χ1n) is 9.64. The molecule has 0 aliphatic rings. The SMILES string of the molecule is CN(CC(=O)N[C@H](C(=O)OCc1ccccc1)c1ccccc1)C(=O)OC(C)(C)C. The predicted octanol–water partition coefficient (Wildman–Crippen LogP) is 3.45. The van der Waals surface area contributed by atoms with Crippen LogP contribution in [0.1, 0.15) is 37.9 Å². The number of amides is 2. The van der Waals surface area contributed by atoms with E-state index in [-0.39, 0.29) is 13.2 Å². The summed E-state index contributed by atoms with van der Waals surface area (Å²) in [7, 11) is 1.46. The Morgan fingerprint density at radius 3 is 2.10 bits per heavy atom. The molecule has 0 aliphatic heterocycles. The fourth-order valence-corrected chi connectivity index (χ4v) is 2.56. The fraction of sp³-hybridized carbons (Fsp3) is 0.348. The molecule has 0 aromatic heterocycles. The maximum absolute atomic E-state index is 12.7. The quantitative estimate of drug-likeness (QED) is 0.704. The van der Waals surface area contributed by atoms with Gasteiger partial charge in [-0.05, 0) is 31.9 Å². The second kappa shape index (κ2) is 10.4. The Balaban J connectivity index is 2.03. The van der Waals surface area contributed by atoms with Crippen molar-refractivity contribution in [3.05, 3.63) is 71.8 Å². The van der Waals surface area contributed by atoms with E-state index in [0.29, 0.717) is 5.56 Å². The molecule has 2 aromatic rings. The Morgan fingerprint density at radius 2 is 1.53 bits per heavy atom. The number of carbonyl (C=O) groups is 3. The van der Waals surface area contributed by atoms with Crippen molar-refractivity contribution >= 4 is 18.0 Å². The number of hydrogen-bond acceptors (Lipinski definition) is 5. The van der Waals surface area contributed by atoms with Gasteiger partial charge in [0.15, 0.2) is 6.04 Å². The highest BCUT2D eigenvalue weighted by molar-refractivity contribution is 5.88. The number of esters is 1. The summed E-state index contributed by atoms with van der Waals surface area (Å²) in [6.07, 6.45) is -0.624. The number of rotatable bonds is 7. The van der Waals surface area contributed by atoms with Crippen LogP contribution in [-0.4, -0.2) is 42.1 Å². The molecule has 0 saturated carbocycles. The number of nitrogens with one attached hydrogen (secondary N) is 1. The van der Waals surface area contributed by atoms with Crippen molar-refractivity contribution in [1.29, 1.82) is 0 Å². The topological polar surface area (TPSA) is 84.9 Å². The average Bonchev–Trinajstić information content (AvgIpc) is 2.70. The monoisotopic (exact) mass is 412 g/mol. The zero-order chi connectivity index (χ0) is 22.1. The molecule has 2 amide bonds. The van der Waals surface area contributed by atoms with Crippen LogP contribution >= 0.6 is 0 Å². The number of ether oxygens (including phenoxy) is 2. The highest BCUT2D eigenvalue weighted by atomic mass is 16.6. The Hall–Kier alpha value is -3.35. The summed E-state index contributed by atoms with van der Waals surface area (Å²) in [4.78, 5) is 38.5. The van der Waals surface area contributed by atoms with Crippen molar-refractivity contribution < 1.29 is 23.9 Å². The normalized spacial score (nSPS) is 11.9. The third kappa shape index (κ3) is 7.58. The second-order valence-corrected chi connectivity index (χ2v) is 7.84. The lowest BCUT2D eigenvalue weighted by atomic mass is 10.1. The van der Waals surface area contributed by atoms with Crippen LogP contribution in [0, 0.1) is 0 Å². The smallest absolute Gasteiger partial charge is 0.410 e. The summed E-state index contributed by atoms with van der Waals surface area (Å²) in [5.41, 5.74) is 0.757. The molecule has 1 atom stereocenters. The maximum Gasteiger partial charge on any atom is 0.410 e. The summed E-state index contributed by atoms with van der Waals surface area (Å²) in [5, 5.41) is 2.66. The van der Waals surface area contributed by atoms with Gasteiger partial charge in [-0.3, -0.25) is 4.79 Å². The van der Waals surface area contributed by atoms with E-state index < -0.39 is 29.6 Å². The van der Waals surface area contributed by atoms with Crippen LogP contribution in [0.4, 0.5) is 4.79 Å². The van der Waals surface area contributed by atoms with Crippen LogP contribution in [0.3, 0.4) is 0 Å². The molecular formula is C23H28N2O5. The van der Waals surface area contributed by atoms with Crippen molar-refractivity contribution in [3.63, 3.8) is 0 Å². The minimum Gasteiger partial charge on any atom is -0.459 e. The minimum atomic E-state index is -0.991. The van der Waals surface area contributed by atoms with E-state index in [9.17, 15) is 14.4 Å². The lowest BCUT2D eigenvalue weighted by Crippen LogP contribution is -2.43. The van der Waals surface area contributed by atoms with E-state index in [1.54, 1.807) is 45.0 Å². The van der Waals surface area contributed by atoms with E-state index in [1.807, 2.05) is 36.4 Å². The first kappa shape index (κ1) is 22.9. The van der Waals surface area contributed by atoms with E-state index in [2.05, 4.69) is 5.32 Å². The molecule has 0 unspecified atom stereocenters. The lowest BCUT2D eigenvalue weighted by molar-refractivity contribution is -0.149. The molecule has 0 aliphatic carbocycles. The number of hydrogen-bond donors (Lipinski definition) is 1. The highest BCUT2D eigenvalue weighted by Crippen LogP contribution is 2.16. The molecule has 30 heavy (non-hydrogen) atoms. The number of likely N-dealkylation sites (N-methyl/N-ethyl adjacent to an activating group) is 1. The Morgan fingerprint density at radius 1 is 0.967 bits per heavy atom. The first-order valence-corrected chi connectivity index (χ1v) is 9.64. The van der Waals surface area contributed by atoms with Crippen molar-refractivity contribution in [2.45, 2.75) is 39.0 Å². The van der Waals surface area contributed by atoms with Gasteiger partial charge in [0.25, 0.3) is 0 Å². The standard InChI is InChI=1S/C23H28N2O5/c1-23(2,3)30-22(28)25(4)15-19(26)24-20(18-13-9-6-10-14-18)21(27)29-16-17-11-7-5-8-12-17/h5-14,20H,15-16H2,1-4H3,(H,24,26)/t20-/m0/s1. The molecule has 7 nitrogen and oxygen atoms in total. The number of benzene rings is 2. The summed E-state index contributed by atoms with van der Waals surface area (Å²) in [6.45, 7) is 5.06. The zero-order valence-electron chi connectivity index (χ0n) is 17.8. The third-order valence-electron chi connectivity index (χ3n) is 3.98. The van der Waals surface area contributed by atoms with Gasteiger partial charge in [0.05, 0.1) is 0 Å². The first-order chi connectivity index (χ1) is 14.2. The van der Waals surface area contributed by atoms with Crippen LogP contribution in [-0.2, 0) is 25.7 Å². The molecule has 160 valence electrons. The molecule has 0 bridgehead atoms. The van der Waals surface area contributed by atoms with Crippen LogP contribution in [0.5, 0.6) is 0 Å². The van der Waals surface area contributed by atoms with Gasteiger partial charge in [-0.15, -0.1) is 0 Å². The van der Waals surface area contributed by atoms with Gasteiger partial charge in [-0.2, -0.15) is 0 Å². The Labute approximate surface area is 177 Å². The van der Waals surface area contributed by atoms with Gasteiger partial charge in [-0.1, -0.05) is 60.7 Å². The van der Waals surface area contributed by atoms with Crippen molar-refractivity contribution in [2.24, 2.45) is 0 Å². The molecule has 0 saturated heterocycles. The second-order valence-electron chi connectivity index (χ2n) is 7.84. The summed E-state index contributed by atoms with van der Waals surface area (Å²) < 4.78 is 10.6. The number of nitrogens with zero attached hydrogens (tertiary/aromatic N) is 1. The van der Waals surface area contributed by atoms with Crippen LogP contribution in [0.2, 0.25) is 0 Å². The summed E-state index contributed by atoms with van der Waals surface area (Å²) in [6, 6.07) is 17.1. The molecule has 0 fully saturated rings. The molecule has 0 spiro atoms. The fourth-order valence-electron chi connectivity index (χ4n) is 2.56. The van der Waals surface area contributed by atoms with Gasteiger partial charge in [0.1, 0.15) is 18.8 Å². The van der Waals surface area contributed by atoms with E-state index in [0.717, 1.165) is 10.5 Å². The largest absolute Gasteiger partial charge is 0.459 e. The van der Waals surface area contributed by atoms with Gasteiger partial charge < -0.3 is 19.7 Å². The Bertz CT molecular complexity index is 847. The summed E-state index contributed by atoms with van der Waals surface area (Å²) >= 11 is 0. The molecule has 2 aromatic carbocycles. The molecule has 0 radical (unpaired) electrons. The molecule has 0 heterocycles. The van der Waals surface area contributed by atoms with Crippen molar-refractivity contribution in [2.75, 3.05) is 13.6 Å². The van der Waals surface area contributed by atoms with Gasteiger partial charge in [-0.25, -0.2) is 9.59 Å². The number of carbonyl (C=O) groups excluding carboxylic acids is 3. The maximum atomic E-state index is 12.7.